The lowest BCUT2D eigenvalue weighted by atomic mass is 9.85. The van der Waals surface area contributed by atoms with E-state index in [0.717, 1.165) is 24.6 Å². The molecule has 2 N–H and O–H groups in total. The van der Waals surface area contributed by atoms with Crippen LogP contribution in [0.25, 0.3) is 0 Å². The van der Waals surface area contributed by atoms with Crippen molar-refractivity contribution in [2.24, 2.45) is 5.92 Å². The Kier molecular flexibility index (Phi) is 6.66. The number of alkyl halides is 3. The summed E-state index contributed by atoms with van der Waals surface area (Å²) in [5.74, 6) is 0.965. The number of carbonyl (C=O) groups is 1. The topological polar surface area (TPSA) is 71.8 Å². The number of hydrogen-bond donors (Lipinski definition) is 2. The molecule has 0 radical (unpaired) electrons. The molecule has 0 saturated heterocycles. The Morgan fingerprint density at radius 3 is 2.62 bits per heavy atom. The van der Waals surface area contributed by atoms with Crippen molar-refractivity contribution in [1.29, 1.82) is 0 Å². The zero-order valence-corrected chi connectivity index (χ0v) is 16.7. The third-order valence-corrected chi connectivity index (χ3v) is 5.46. The van der Waals surface area contributed by atoms with Crippen molar-refractivity contribution in [1.82, 2.24) is 19.9 Å². The second-order valence-electron chi connectivity index (χ2n) is 7.09. The van der Waals surface area contributed by atoms with Crippen LogP contribution in [0.3, 0.4) is 0 Å². The molecule has 1 saturated carbocycles. The number of imidazole rings is 1. The average molecular weight is 430 g/mol. The smallest absolute Gasteiger partial charge is 0.366 e. The first-order chi connectivity index (χ1) is 13.8. The number of nitrogens with one attached hydrogen (secondary N) is 2. The van der Waals surface area contributed by atoms with Gasteiger partial charge in [0.25, 0.3) is 0 Å². The first-order valence-corrected chi connectivity index (χ1v) is 9.92. The lowest BCUT2D eigenvalue weighted by Gasteiger charge is -2.29. The van der Waals surface area contributed by atoms with E-state index in [1.165, 1.54) is 0 Å². The van der Waals surface area contributed by atoms with Crippen LogP contribution in [0.15, 0.2) is 24.7 Å². The van der Waals surface area contributed by atoms with E-state index >= 15 is 0 Å². The number of nitrogens with zero attached hydrogens (tertiary/aromatic N) is 3. The van der Waals surface area contributed by atoms with E-state index in [2.05, 4.69) is 20.6 Å². The maximum Gasteiger partial charge on any atom is 0.417 e. The van der Waals surface area contributed by atoms with Gasteiger partial charge >= 0.3 is 6.18 Å². The minimum absolute atomic E-state index is 0.000194. The van der Waals surface area contributed by atoms with Crippen molar-refractivity contribution in [3.05, 3.63) is 41.1 Å². The van der Waals surface area contributed by atoms with Crippen molar-refractivity contribution in [2.75, 3.05) is 5.32 Å². The molecular weight excluding hydrogens is 407 g/mol. The molecule has 6 nitrogen and oxygen atoms in total. The summed E-state index contributed by atoms with van der Waals surface area (Å²) in [5, 5.41) is 5.98. The first kappa shape index (κ1) is 21.4. The molecule has 2 aromatic heterocycles. The highest BCUT2D eigenvalue weighted by molar-refractivity contribution is 6.33. The van der Waals surface area contributed by atoms with E-state index in [4.69, 9.17) is 11.6 Å². The van der Waals surface area contributed by atoms with E-state index in [0.29, 0.717) is 32.2 Å². The number of aromatic nitrogens is 3. The molecule has 0 unspecified atom stereocenters. The molecule has 1 aliphatic rings. The summed E-state index contributed by atoms with van der Waals surface area (Å²) in [6, 6.07) is 0.885. The molecule has 0 spiro atoms. The van der Waals surface area contributed by atoms with Gasteiger partial charge in [-0.05, 0) is 38.7 Å². The quantitative estimate of drug-likeness (QED) is 0.719. The lowest BCUT2D eigenvalue weighted by Crippen LogP contribution is -2.36. The SMILES string of the molecule is CCn1ccnc1CNC(=O)C1CCC(Nc2ncc(C(F)(F)F)cc2Cl)CC1. The fourth-order valence-corrected chi connectivity index (χ4v) is 3.72. The molecule has 2 aromatic rings. The Morgan fingerprint density at radius 2 is 2.00 bits per heavy atom. The van der Waals surface area contributed by atoms with Gasteiger partial charge in [-0.25, -0.2) is 9.97 Å². The van der Waals surface area contributed by atoms with Crippen LogP contribution in [0.1, 0.15) is 44.0 Å². The maximum atomic E-state index is 12.7. The first-order valence-electron chi connectivity index (χ1n) is 9.55. The Balaban J connectivity index is 1.48. The molecular formula is C19H23ClF3N5O. The summed E-state index contributed by atoms with van der Waals surface area (Å²) in [4.78, 5) is 20.5. The average Bonchev–Trinajstić information content (AvgIpc) is 3.15. The van der Waals surface area contributed by atoms with Crippen LogP contribution in [0, 0.1) is 5.92 Å². The van der Waals surface area contributed by atoms with Crippen LogP contribution in [0.5, 0.6) is 0 Å². The van der Waals surface area contributed by atoms with Crippen LogP contribution in [-0.2, 0) is 24.1 Å². The van der Waals surface area contributed by atoms with Crippen LogP contribution >= 0.6 is 11.6 Å². The largest absolute Gasteiger partial charge is 0.417 e. The lowest BCUT2D eigenvalue weighted by molar-refractivity contribution is -0.137. The van der Waals surface area contributed by atoms with E-state index in [-0.39, 0.29) is 28.7 Å². The highest BCUT2D eigenvalue weighted by Crippen LogP contribution is 2.33. The van der Waals surface area contributed by atoms with Crippen molar-refractivity contribution < 1.29 is 18.0 Å². The molecule has 158 valence electrons. The van der Waals surface area contributed by atoms with Gasteiger partial charge in [-0.3, -0.25) is 4.79 Å². The van der Waals surface area contributed by atoms with Gasteiger partial charge in [0.1, 0.15) is 11.6 Å². The Morgan fingerprint density at radius 1 is 1.28 bits per heavy atom. The van der Waals surface area contributed by atoms with E-state index in [1.807, 2.05) is 17.7 Å². The van der Waals surface area contributed by atoms with Crippen molar-refractivity contribution >= 4 is 23.3 Å². The number of hydrogen-bond acceptors (Lipinski definition) is 4. The van der Waals surface area contributed by atoms with Gasteiger partial charge in [-0.1, -0.05) is 11.6 Å². The number of pyridine rings is 1. The summed E-state index contributed by atoms with van der Waals surface area (Å²) in [6.07, 6.45) is 2.67. The Labute approximate surface area is 171 Å². The molecule has 2 heterocycles. The normalized spacial score (nSPS) is 19.8. The highest BCUT2D eigenvalue weighted by Gasteiger charge is 2.32. The number of anilines is 1. The molecule has 1 fully saturated rings. The third-order valence-electron chi connectivity index (χ3n) is 5.17. The summed E-state index contributed by atoms with van der Waals surface area (Å²) in [7, 11) is 0. The molecule has 1 aliphatic carbocycles. The van der Waals surface area contributed by atoms with Crippen LogP contribution in [0.2, 0.25) is 5.02 Å². The molecule has 1 amide bonds. The molecule has 0 atom stereocenters. The van der Waals surface area contributed by atoms with E-state index in [9.17, 15) is 18.0 Å². The molecule has 0 aliphatic heterocycles. The van der Waals surface area contributed by atoms with Crippen LogP contribution < -0.4 is 10.6 Å². The van der Waals surface area contributed by atoms with E-state index < -0.39 is 11.7 Å². The van der Waals surface area contributed by atoms with Crippen LogP contribution in [0.4, 0.5) is 19.0 Å². The minimum Gasteiger partial charge on any atom is -0.366 e. The number of rotatable bonds is 6. The Bertz CT molecular complexity index is 847. The fourth-order valence-electron chi connectivity index (χ4n) is 3.50. The molecule has 0 aromatic carbocycles. The van der Waals surface area contributed by atoms with Gasteiger partial charge < -0.3 is 15.2 Å². The molecule has 3 rings (SSSR count). The predicted molar refractivity (Wildman–Crippen MR) is 103 cm³/mol. The zero-order chi connectivity index (χ0) is 21.0. The van der Waals surface area contributed by atoms with Gasteiger partial charge in [0.2, 0.25) is 5.91 Å². The maximum absolute atomic E-state index is 12.7. The number of amides is 1. The minimum atomic E-state index is -4.48. The summed E-state index contributed by atoms with van der Waals surface area (Å²) in [6.45, 7) is 3.20. The number of carbonyl (C=O) groups excluding carboxylic acids is 1. The van der Waals surface area contributed by atoms with Crippen molar-refractivity contribution in [3.8, 4) is 0 Å². The third kappa shape index (κ3) is 5.41. The van der Waals surface area contributed by atoms with Gasteiger partial charge in [0.05, 0.1) is 17.1 Å². The van der Waals surface area contributed by atoms with E-state index in [1.54, 1.807) is 6.20 Å². The number of halogens is 4. The standard InChI is InChI=1S/C19H23ClF3N5O/c1-2-28-8-7-24-16(28)11-26-18(29)12-3-5-14(6-4-12)27-17-15(20)9-13(10-25-17)19(21,22)23/h7-10,12,14H,2-6,11H2,1H3,(H,25,27)(H,26,29). The monoisotopic (exact) mass is 429 g/mol. The van der Waals surface area contributed by atoms with Gasteiger partial charge in [0.15, 0.2) is 0 Å². The second kappa shape index (κ2) is 9.02. The van der Waals surface area contributed by atoms with Crippen LogP contribution in [-0.4, -0.2) is 26.5 Å². The molecule has 10 heteroatoms. The van der Waals surface area contributed by atoms with Gasteiger partial charge in [-0.15, -0.1) is 0 Å². The second-order valence-corrected chi connectivity index (χ2v) is 7.50. The zero-order valence-electron chi connectivity index (χ0n) is 16.0. The highest BCUT2D eigenvalue weighted by atomic mass is 35.5. The summed E-state index contributed by atoms with van der Waals surface area (Å²) >= 11 is 5.95. The Hall–Kier alpha value is -2.29. The summed E-state index contributed by atoms with van der Waals surface area (Å²) in [5.41, 5.74) is -0.878. The molecule has 0 bridgehead atoms. The molecule has 29 heavy (non-hydrogen) atoms. The fraction of sp³-hybridized carbons (Fsp3) is 0.526. The van der Waals surface area contributed by atoms with Gasteiger partial charge in [-0.2, -0.15) is 13.2 Å². The van der Waals surface area contributed by atoms with Crippen molar-refractivity contribution in [3.63, 3.8) is 0 Å². The van der Waals surface area contributed by atoms with Gasteiger partial charge in [0, 0.05) is 37.1 Å². The predicted octanol–water partition coefficient (Wildman–Crippen LogP) is 4.26. The number of aryl methyl sites for hydroxylation is 1. The van der Waals surface area contributed by atoms with Crippen molar-refractivity contribution in [2.45, 2.75) is 57.9 Å². The summed E-state index contributed by atoms with van der Waals surface area (Å²) < 4.78 is 40.1.